The van der Waals surface area contributed by atoms with Crippen molar-refractivity contribution in [3.8, 4) is 0 Å². The number of aliphatic hydroxyl groups excluding tert-OH is 2. The molecule has 3 fully saturated rings. The molecule has 19 heteroatoms. The van der Waals surface area contributed by atoms with E-state index in [0.717, 1.165) is 23.1 Å². The van der Waals surface area contributed by atoms with Gasteiger partial charge in [0.25, 0.3) is 0 Å². The van der Waals surface area contributed by atoms with E-state index in [0.29, 0.717) is 36.9 Å². The van der Waals surface area contributed by atoms with Gasteiger partial charge in [0.05, 0.1) is 30.9 Å². The summed E-state index contributed by atoms with van der Waals surface area (Å²) in [6.45, 7) is 5.89. The largest absolute Gasteiger partial charge is 0.481 e. The summed E-state index contributed by atoms with van der Waals surface area (Å²) in [5.74, 6) is -4.20. The number of aliphatic carboxylic acids is 1. The second kappa shape index (κ2) is 20.8. The lowest BCUT2D eigenvalue weighted by atomic mass is 9.46. The Hall–Kier alpha value is -4.52. The first-order valence-electron chi connectivity index (χ1n) is 22.2. The van der Waals surface area contributed by atoms with E-state index in [9.17, 15) is 58.4 Å². The zero-order valence-corrected chi connectivity index (χ0v) is 39.1. The van der Waals surface area contributed by atoms with Gasteiger partial charge >= 0.3 is 13.8 Å². The molecule has 6 rings (SSSR count). The van der Waals surface area contributed by atoms with Crippen molar-refractivity contribution < 1.29 is 67.7 Å². The summed E-state index contributed by atoms with van der Waals surface area (Å²) in [7, 11) is -5.06. The van der Waals surface area contributed by atoms with E-state index in [1.165, 1.54) is 17.8 Å². The summed E-state index contributed by atoms with van der Waals surface area (Å²) in [6.07, 6.45) is 5.24. The smallest absolute Gasteiger partial charge is 0.470 e. The number of nitrogens with one attached hydrogen (secondary N) is 3. The highest BCUT2D eigenvalue weighted by molar-refractivity contribution is 8.01. The molecule has 0 aliphatic heterocycles. The lowest BCUT2D eigenvalue weighted by molar-refractivity contribution is -0.243. The Kier molecular flexibility index (Phi) is 16.0. The van der Waals surface area contributed by atoms with E-state index < -0.39 is 84.5 Å². The maximum Gasteiger partial charge on any atom is 0.470 e. The molecule has 4 aliphatic carbocycles. The van der Waals surface area contributed by atoms with Crippen molar-refractivity contribution in [1.29, 1.82) is 0 Å². The molecule has 0 aromatic heterocycles. The molecule has 3 saturated carbocycles. The Balaban J connectivity index is 1.08. The van der Waals surface area contributed by atoms with E-state index in [2.05, 4.69) is 16.0 Å². The number of hydrogen-bond donors (Lipinski definition) is 8. The maximum atomic E-state index is 14.3. The first kappa shape index (κ1) is 50.9. The fraction of sp³-hybridized carbons (Fsp3) is 0.532. The van der Waals surface area contributed by atoms with Gasteiger partial charge in [0.1, 0.15) is 12.2 Å². The Morgan fingerprint density at radius 2 is 1.70 bits per heavy atom. The summed E-state index contributed by atoms with van der Waals surface area (Å²) in [4.78, 5) is 94.6. The minimum absolute atomic E-state index is 0.0425. The van der Waals surface area contributed by atoms with Crippen LogP contribution in [0.15, 0.2) is 72.3 Å². The van der Waals surface area contributed by atoms with Crippen LogP contribution >= 0.6 is 19.6 Å². The number of rotatable bonds is 20. The molecular formula is C47H60N3O14PS. The number of fused-ring (bicyclic) bond motifs is 5. The number of hydrogen-bond acceptors (Lipinski definition) is 12. The number of phosphoric acid groups is 1. The molecule has 66 heavy (non-hydrogen) atoms. The van der Waals surface area contributed by atoms with E-state index in [1.807, 2.05) is 39.8 Å². The first-order valence-corrected chi connectivity index (χ1v) is 24.7. The minimum Gasteiger partial charge on any atom is -0.481 e. The average molecular weight is 954 g/mol. The van der Waals surface area contributed by atoms with E-state index in [1.54, 1.807) is 48.5 Å². The molecule has 2 aromatic carbocycles. The number of phosphoric ester groups is 1. The lowest BCUT2D eigenvalue weighted by Crippen LogP contribution is -2.62. The minimum atomic E-state index is -5.06. The van der Waals surface area contributed by atoms with Crippen molar-refractivity contribution in [2.24, 2.45) is 28.6 Å². The highest BCUT2D eigenvalue weighted by Gasteiger charge is 2.69. The van der Waals surface area contributed by atoms with Crippen LogP contribution in [0, 0.1) is 28.6 Å². The number of ketones is 2. The molecule has 8 N–H and O–H groups in total. The molecule has 0 heterocycles. The van der Waals surface area contributed by atoms with Crippen molar-refractivity contribution in [2.45, 2.75) is 108 Å². The number of anilines is 1. The van der Waals surface area contributed by atoms with Gasteiger partial charge in [-0.15, -0.1) is 11.8 Å². The Morgan fingerprint density at radius 1 is 0.985 bits per heavy atom. The summed E-state index contributed by atoms with van der Waals surface area (Å²) >= 11 is 1.22. The third kappa shape index (κ3) is 11.4. The number of carbonyl (C=O) groups is 6. The van der Waals surface area contributed by atoms with Crippen molar-refractivity contribution in [3.63, 3.8) is 0 Å². The summed E-state index contributed by atoms with van der Waals surface area (Å²) in [5.41, 5.74) is -0.0407. The third-order valence-corrected chi connectivity index (χ3v) is 16.1. The van der Waals surface area contributed by atoms with Crippen LogP contribution < -0.4 is 16.0 Å². The number of carbonyl (C=O) groups excluding carboxylic acids is 5. The lowest BCUT2D eigenvalue weighted by Gasteiger charge is -2.60. The predicted octanol–water partition coefficient (Wildman–Crippen LogP) is 4.53. The monoisotopic (exact) mass is 953 g/mol. The number of benzene rings is 2. The van der Waals surface area contributed by atoms with Gasteiger partial charge in [-0.3, -0.25) is 33.3 Å². The fourth-order valence-corrected chi connectivity index (χ4v) is 12.3. The predicted molar refractivity (Wildman–Crippen MR) is 244 cm³/mol. The van der Waals surface area contributed by atoms with Gasteiger partial charge in [0, 0.05) is 33.2 Å². The van der Waals surface area contributed by atoms with E-state index >= 15 is 0 Å². The summed E-state index contributed by atoms with van der Waals surface area (Å²) < 4.78 is 22.9. The fourth-order valence-electron chi connectivity index (χ4n) is 10.8. The van der Waals surface area contributed by atoms with Gasteiger partial charge < -0.3 is 45.8 Å². The van der Waals surface area contributed by atoms with E-state index in [-0.39, 0.29) is 54.6 Å². The zero-order chi connectivity index (χ0) is 48.2. The second-order valence-electron chi connectivity index (χ2n) is 18.3. The zero-order valence-electron chi connectivity index (χ0n) is 37.4. The highest BCUT2D eigenvalue weighted by atomic mass is 32.2. The highest BCUT2D eigenvalue weighted by Crippen LogP contribution is 2.68. The molecule has 0 saturated heterocycles. The molecule has 2 aromatic rings. The van der Waals surface area contributed by atoms with Gasteiger partial charge in [-0.2, -0.15) is 0 Å². The topological polar surface area (TPSA) is 275 Å². The molecule has 10 atom stereocenters. The molecule has 4 unspecified atom stereocenters. The molecule has 4 aliphatic rings. The standard InChI is InChI=1S/C47H60N3O14PS/c1-5-27(2)66-37(22-41(56)57)43(58)49-24-39(54)48-25-40(55)50-32-8-6-7-29(20-32)19-28-9-11-30(12-10-28)44(59)64-47(38(53)26-63-65(60,61)62)18-16-35-34-14-13-31-21-33(51)15-17-45(31,3)42(34)36(52)23-46(35,47)4/h6-12,15,17,20-21,27,34-37,42,44,52,59H,5,13-14,16,18-19,22-26H2,1-4H3,(H,48,54)(H,49,58)(H,50,55)(H,56,57)(H2,60,61,62)/t27?,34-,35?,36-,37?,42?,44+,45-,46-,47-/m0/s1. The van der Waals surface area contributed by atoms with Gasteiger partial charge in [-0.25, -0.2) is 4.57 Å². The molecule has 17 nitrogen and oxygen atoms in total. The average Bonchev–Trinajstić information content (AvgIpc) is 3.55. The molecule has 358 valence electrons. The number of ether oxygens (including phenoxy) is 1. The van der Waals surface area contributed by atoms with Gasteiger partial charge in [-0.1, -0.05) is 75.7 Å². The number of Topliss-reactive ketones (excluding diaryl/α,β-unsaturated/α-hetero) is 1. The molecule has 0 bridgehead atoms. The van der Waals surface area contributed by atoms with Crippen LogP contribution in [0.4, 0.5) is 5.69 Å². The number of carboxylic acid groups (broad SMARTS) is 1. The normalized spacial score (nSPS) is 28.1. The van der Waals surface area contributed by atoms with Crippen molar-refractivity contribution in [1.82, 2.24) is 10.6 Å². The van der Waals surface area contributed by atoms with Crippen LogP contribution in [0.1, 0.15) is 95.6 Å². The number of amides is 3. The quantitative estimate of drug-likeness (QED) is 0.0669. The molecule has 0 spiro atoms. The van der Waals surface area contributed by atoms with Gasteiger partial charge in [0.2, 0.25) is 17.7 Å². The van der Waals surface area contributed by atoms with Crippen molar-refractivity contribution in [3.05, 3.63) is 89.0 Å². The second-order valence-corrected chi connectivity index (χ2v) is 21.2. The number of carboxylic acids is 1. The summed E-state index contributed by atoms with van der Waals surface area (Å²) in [5, 5.41) is 39.6. The molecular weight excluding hydrogens is 894 g/mol. The Labute approximate surface area is 387 Å². The van der Waals surface area contributed by atoms with Crippen LogP contribution in [0.5, 0.6) is 0 Å². The first-order chi connectivity index (χ1) is 31.1. The molecule has 3 amide bonds. The van der Waals surface area contributed by atoms with Gasteiger partial charge in [0.15, 0.2) is 17.9 Å². The number of allylic oxidation sites excluding steroid dienone is 4. The van der Waals surface area contributed by atoms with Crippen LogP contribution in [-0.4, -0.2) is 102 Å². The van der Waals surface area contributed by atoms with Gasteiger partial charge in [-0.05, 0) is 92.2 Å². The third-order valence-electron chi connectivity index (χ3n) is 14.1. The SMILES string of the molecule is CCC(C)SC(CC(=O)O)C(=O)NCC(=O)NCC(=O)Nc1cccc(Cc2ccc([C@H](O)O[C@]3(C(=O)COP(=O)(O)O)CCC4[C@@H]5CCC6=CC(=O)C=C[C@]6(C)C5[C@@H](O)C[C@@]43C)cc2)c1. The van der Waals surface area contributed by atoms with Crippen LogP contribution in [-0.2, 0) is 49.0 Å². The summed E-state index contributed by atoms with van der Waals surface area (Å²) in [6, 6.07) is 13.9. The number of aliphatic hydroxyl groups is 2. The van der Waals surface area contributed by atoms with Crippen LogP contribution in [0.25, 0.3) is 0 Å². The molecule has 0 radical (unpaired) electrons. The Morgan fingerprint density at radius 3 is 2.38 bits per heavy atom. The van der Waals surface area contributed by atoms with E-state index in [4.69, 9.17) is 9.26 Å². The maximum absolute atomic E-state index is 14.3. The Bertz CT molecular complexity index is 2300. The number of thioether (sulfide) groups is 1. The van der Waals surface area contributed by atoms with Crippen molar-refractivity contribution >= 4 is 60.5 Å². The van der Waals surface area contributed by atoms with Crippen molar-refractivity contribution in [2.75, 3.05) is 25.0 Å². The van der Waals surface area contributed by atoms with Crippen LogP contribution in [0.2, 0.25) is 0 Å². The van der Waals surface area contributed by atoms with Crippen LogP contribution in [0.3, 0.4) is 0 Å².